The first-order valence-corrected chi connectivity index (χ1v) is 14.3. The van der Waals surface area contributed by atoms with Gasteiger partial charge in [0.15, 0.2) is 5.82 Å². The first kappa shape index (κ1) is 31.3. The molecule has 0 bridgehead atoms. The molecule has 0 radical (unpaired) electrons. The summed E-state index contributed by atoms with van der Waals surface area (Å²) < 4.78 is 45.4. The van der Waals surface area contributed by atoms with E-state index in [1.165, 1.54) is 11.8 Å². The molecule has 7 nitrogen and oxygen atoms in total. The molecule has 2 saturated heterocycles. The maximum atomic E-state index is 13.2. The quantitative estimate of drug-likeness (QED) is 0.304. The summed E-state index contributed by atoms with van der Waals surface area (Å²) in [7, 11) is 0. The Morgan fingerprint density at radius 3 is 2.39 bits per heavy atom. The third-order valence-electron chi connectivity index (χ3n) is 7.93. The summed E-state index contributed by atoms with van der Waals surface area (Å²) in [6.07, 6.45) is -3.35. The van der Waals surface area contributed by atoms with E-state index in [9.17, 15) is 18.3 Å². The maximum absolute atomic E-state index is 13.2. The summed E-state index contributed by atoms with van der Waals surface area (Å²) >= 11 is 6.63. The zero-order chi connectivity index (χ0) is 30.3. The highest BCUT2D eigenvalue weighted by Gasteiger charge is 2.56. The number of likely N-dealkylation sites (tertiary alicyclic amines) is 1. The van der Waals surface area contributed by atoms with Crippen LogP contribution in [0.3, 0.4) is 0 Å². The highest BCUT2D eigenvalue weighted by Crippen LogP contribution is 2.46. The van der Waals surface area contributed by atoms with E-state index in [0.717, 1.165) is 17.6 Å². The molecular weight excluding hydrogens is 555 g/mol. The summed E-state index contributed by atoms with van der Waals surface area (Å²) in [4.78, 5) is 13.4. The summed E-state index contributed by atoms with van der Waals surface area (Å²) in [5.74, 6) is 1.57. The second-order valence-corrected chi connectivity index (χ2v) is 12.1. The van der Waals surface area contributed by atoms with Gasteiger partial charge in [-0.2, -0.15) is 13.2 Å². The van der Waals surface area contributed by atoms with Crippen LogP contribution in [0.2, 0.25) is 5.02 Å². The van der Waals surface area contributed by atoms with E-state index >= 15 is 0 Å². The molecule has 0 unspecified atom stereocenters. The van der Waals surface area contributed by atoms with Gasteiger partial charge in [-0.25, -0.2) is 9.97 Å². The van der Waals surface area contributed by atoms with E-state index in [1.807, 2.05) is 27.7 Å². The second kappa shape index (κ2) is 11.9. The van der Waals surface area contributed by atoms with Gasteiger partial charge in [0.2, 0.25) is 0 Å². The number of halogens is 4. The van der Waals surface area contributed by atoms with Crippen molar-refractivity contribution in [2.75, 3.05) is 37.7 Å². The van der Waals surface area contributed by atoms with Gasteiger partial charge in [0.1, 0.15) is 24.2 Å². The Morgan fingerprint density at radius 2 is 1.83 bits per heavy atom. The Bertz CT molecular complexity index is 1330. The number of alkyl halides is 3. The van der Waals surface area contributed by atoms with Gasteiger partial charge in [0, 0.05) is 54.0 Å². The van der Waals surface area contributed by atoms with Crippen molar-refractivity contribution in [1.29, 1.82) is 5.41 Å². The van der Waals surface area contributed by atoms with Crippen LogP contribution in [0.25, 0.3) is 17.0 Å². The summed E-state index contributed by atoms with van der Waals surface area (Å²) in [5.41, 5.74) is 3.79. The SMILES string of the molecule is CCC[C@@H](O)COc1ccc(Cl)c(-c2nc(C(C(C)=N)=C(C)C)c(C)c(N3CC4(C3)CN([C@@H](C)C(F)(F)F)C4)n2)c1. The molecule has 2 aliphatic rings. The maximum Gasteiger partial charge on any atom is 0.403 e. The van der Waals surface area contributed by atoms with Gasteiger partial charge in [0.05, 0.1) is 16.8 Å². The number of anilines is 1. The number of ether oxygens (including phenoxy) is 1. The molecule has 2 atom stereocenters. The number of nitrogens with one attached hydrogen (secondary N) is 1. The molecule has 4 rings (SSSR count). The van der Waals surface area contributed by atoms with Crippen molar-refractivity contribution in [3.63, 3.8) is 0 Å². The zero-order valence-electron chi connectivity index (χ0n) is 24.5. The van der Waals surface area contributed by atoms with Crippen molar-refractivity contribution in [2.24, 2.45) is 5.41 Å². The number of hydrogen-bond acceptors (Lipinski definition) is 7. The van der Waals surface area contributed by atoms with Gasteiger partial charge in [-0.05, 0) is 59.2 Å². The van der Waals surface area contributed by atoms with Crippen LogP contribution >= 0.6 is 11.6 Å². The lowest BCUT2D eigenvalue weighted by molar-refractivity contribution is -0.207. The van der Waals surface area contributed by atoms with Gasteiger partial charge in [-0.3, -0.25) is 4.90 Å². The van der Waals surface area contributed by atoms with Crippen LogP contribution in [-0.4, -0.2) is 76.8 Å². The Hall–Kier alpha value is -2.69. The molecule has 1 aromatic heterocycles. The lowest BCUT2D eigenvalue weighted by atomic mass is 9.72. The molecule has 41 heavy (non-hydrogen) atoms. The Morgan fingerprint density at radius 1 is 1.17 bits per heavy atom. The van der Waals surface area contributed by atoms with Crippen LogP contribution in [0.5, 0.6) is 5.75 Å². The first-order chi connectivity index (χ1) is 19.2. The number of allylic oxidation sites excluding steroid dienone is 2. The predicted molar refractivity (Wildman–Crippen MR) is 157 cm³/mol. The van der Waals surface area contributed by atoms with Crippen molar-refractivity contribution >= 4 is 28.7 Å². The first-order valence-electron chi connectivity index (χ1n) is 13.9. The van der Waals surface area contributed by atoms with E-state index in [4.69, 9.17) is 31.7 Å². The van der Waals surface area contributed by atoms with Crippen molar-refractivity contribution in [1.82, 2.24) is 14.9 Å². The number of aliphatic hydroxyl groups is 1. The summed E-state index contributed by atoms with van der Waals surface area (Å²) in [6, 6.07) is 3.72. The number of nitrogens with zero attached hydrogens (tertiary/aromatic N) is 4. The molecule has 2 N–H and O–H groups in total. The van der Waals surface area contributed by atoms with E-state index < -0.39 is 18.3 Å². The van der Waals surface area contributed by atoms with Crippen LogP contribution in [0, 0.1) is 17.7 Å². The topological polar surface area (TPSA) is 85.6 Å². The summed E-state index contributed by atoms with van der Waals surface area (Å²) in [5, 5.41) is 19.0. The molecule has 0 saturated carbocycles. The Balaban J connectivity index is 1.68. The largest absolute Gasteiger partial charge is 0.491 e. The molecule has 1 aromatic carbocycles. The fraction of sp³-hybridized carbons (Fsp3) is 0.567. The minimum atomic E-state index is -4.24. The second-order valence-electron chi connectivity index (χ2n) is 11.7. The number of rotatable bonds is 10. The van der Waals surface area contributed by atoms with Crippen LogP contribution in [0.15, 0.2) is 23.8 Å². The molecule has 224 valence electrons. The molecule has 1 spiro atoms. The average Bonchev–Trinajstić information content (AvgIpc) is 2.82. The van der Waals surface area contributed by atoms with Crippen LogP contribution in [0.1, 0.15) is 58.7 Å². The minimum Gasteiger partial charge on any atom is -0.491 e. The normalized spacial score (nSPS) is 18.0. The molecule has 11 heteroatoms. The standard InChI is InChI=1S/C30H39ClF3N5O2/c1-7-8-21(40)12-41-22-9-10-24(31)23(11-22)27-36-26(25(17(2)3)19(5)35)18(4)28(37-27)39-15-29(16-39)13-38(14-29)20(6)30(32,33)34/h9-11,20-21,35,40H,7-8,12-16H2,1-6H3/t20-,21+/m0/s1. The fourth-order valence-corrected chi connectivity index (χ4v) is 5.95. The minimum absolute atomic E-state index is 0.148. The van der Waals surface area contributed by atoms with Crippen molar-refractivity contribution in [3.8, 4) is 17.1 Å². The smallest absolute Gasteiger partial charge is 0.403 e. The van der Waals surface area contributed by atoms with Gasteiger partial charge >= 0.3 is 6.18 Å². The van der Waals surface area contributed by atoms with Gasteiger partial charge in [0.25, 0.3) is 0 Å². The molecule has 2 aliphatic heterocycles. The number of aliphatic hydroxyl groups excluding tert-OH is 1. The van der Waals surface area contributed by atoms with E-state index in [1.54, 1.807) is 25.1 Å². The third-order valence-corrected chi connectivity index (χ3v) is 8.26. The predicted octanol–water partition coefficient (Wildman–Crippen LogP) is 6.55. The van der Waals surface area contributed by atoms with Crippen molar-refractivity contribution in [2.45, 2.75) is 72.7 Å². The lowest BCUT2D eigenvalue weighted by Crippen LogP contribution is -2.74. The van der Waals surface area contributed by atoms with Crippen molar-refractivity contribution in [3.05, 3.63) is 40.1 Å². The van der Waals surface area contributed by atoms with Gasteiger partial charge in [-0.15, -0.1) is 0 Å². The van der Waals surface area contributed by atoms with Crippen LogP contribution in [0.4, 0.5) is 19.0 Å². The van der Waals surface area contributed by atoms with Crippen LogP contribution < -0.4 is 9.64 Å². The van der Waals surface area contributed by atoms with Gasteiger partial charge in [-0.1, -0.05) is 30.5 Å². The third kappa shape index (κ3) is 6.54. The lowest BCUT2D eigenvalue weighted by Gasteiger charge is -2.62. The highest BCUT2D eigenvalue weighted by atomic mass is 35.5. The number of aromatic nitrogens is 2. The van der Waals surface area contributed by atoms with E-state index in [2.05, 4.69) is 4.90 Å². The monoisotopic (exact) mass is 593 g/mol. The Kier molecular flexibility index (Phi) is 9.07. The zero-order valence-corrected chi connectivity index (χ0v) is 25.2. The average molecular weight is 594 g/mol. The molecule has 0 amide bonds. The molecule has 3 heterocycles. The molecular formula is C30H39ClF3N5O2. The fourth-order valence-electron chi connectivity index (χ4n) is 5.75. The Labute approximate surface area is 244 Å². The van der Waals surface area contributed by atoms with E-state index in [0.29, 0.717) is 77.6 Å². The molecule has 0 aliphatic carbocycles. The van der Waals surface area contributed by atoms with E-state index in [-0.39, 0.29) is 12.0 Å². The van der Waals surface area contributed by atoms with Crippen molar-refractivity contribution < 1.29 is 23.0 Å². The molecule has 2 fully saturated rings. The van der Waals surface area contributed by atoms with Crippen LogP contribution in [-0.2, 0) is 0 Å². The number of benzene rings is 1. The van der Waals surface area contributed by atoms with Gasteiger partial charge < -0.3 is 20.2 Å². The summed E-state index contributed by atoms with van der Waals surface area (Å²) in [6.45, 7) is 12.8. The number of hydrogen-bond donors (Lipinski definition) is 2. The highest BCUT2D eigenvalue weighted by molar-refractivity contribution is 6.33. The molecule has 2 aromatic rings.